The van der Waals surface area contributed by atoms with E-state index in [1.54, 1.807) is 24.3 Å². The average molecular weight is 257 g/mol. The lowest BCUT2D eigenvalue weighted by molar-refractivity contribution is -0.140. The molecular formula is C11H15NO4S. The van der Waals surface area contributed by atoms with Crippen molar-refractivity contribution in [2.24, 2.45) is 0 Å². The molecule has 0 radical (unpaired) electrons. The lowest BCUT2D eigenvalue weighted by Crippen LogP contribution is -2.14. The Bertz CT molecular complexity index is 479. The zero-order valence-electron chi connectivity index (χ0n) is 9.55. The monoisotopic (exact) mass is 257 g/mol. The molecule has 0 spiro atoms. The largest absolute Gasteiger partial charge is 0.469 e. The molecule has 94 valence electrons. The predicted molar refractivity (Wildman–Crippen MR) is 65.0 cm³/mol. The number of methoxy groups -OCH3 is 1. The highest BCUT2D eigenvalue weighted by Gasteiger charge is 2.14. The highest BCUT2D eigenvalue weighted by molar-refractivity contribution is 7.90. The molecule has 0 aliphatic rings. The molecule has 0 bridgehead atoms. The van der Waals surface area contributed by atoms with Gasteiger partial charge in [-0.2, -0.15) is 0 Å². The number of rotatable bonds is 5. The topological polar surface area (TPSA) is 86.5 Å². The molecule has 0 amide bonds. The van der Waals surface area contributed by atoms with E-state index in [9.17, 15) is 13.2 Å². The van der Waals surface area contributed by atoms with Gasteiger partial charge in [-0.1, -0.05) is 12.1 Å². The number of nitrogens with two attached hydrogens (primary N) is 1. The summed E-state index contributed by atoms with van der Waals surface area (Å²) in [6, 6.07) is 6.60. The van der Waals surface area contributed by atoms with E-state index in [0.29, 0.717) is 11.3 Å². The van der Waals surface area contributed by atoms with Crippen LogP contribution in [-0.4, -0.2) is 27.2 Å². The van der Waals surface area contributed by atoms with Gasteiger partial charge in [0, 0.05) is 5.69 Å². The van der Waals surface area contributed by atoms with Crippen molar-refractivity contribution in [2.45, 2.75) is 12.2 Å². The molecule has 0 fully saturated rings. The molecule has 0 aromatic heterocycles. The molecule has 0 unspecified atom stereocenters. The highest BCUT2D eigenvalue weighted by Crippen LogP contribution is 2.10. The molecule has 0 heterocycles. The van der Waals surface area contributed by atoms with Crippen LogP contribution in [0.2, 0.25) is 0 Å². The number of nitrogen functional groups attached to an aromatic ring is 1. The van der Waals surface area contributed by atoms with Gasteiger partial charge < -0.3 is 10.5 Å². The molecule has 0 saturated heterocycles. The van der Waals surface area contributed by atoms with Crippen molar-refractivity contribution in [2.75, 3.05) is 18.6 Å². The van der Waals surface area contributed by atoms with Crippen molar-refractivity contribution < 1.29 is 17.9 Å². The Balaban J connectivity index is 2.60. The van der Waals surface area contributed by atoms with Gasteiger partial charge >= 0.3 is 5.97 Å². The van der Waals surface area contributed by atoms with Crippen LogP contribution in [0.5, 0.6) is 0 Å². The van der Waals surface area contributed by atoms with Crippen molar-refractivity contribution in [1.29, 1.82) is 0 Å². The van der Waals surface area contributed by atoms with E-state index in [4.69, 9.17) is 5.73 Å². The number of carbonyl (C=O) groups excluding carboxylic acids is 1. The Labute approximate surface area is 100 Å². The van der Waals surface area contributed by atoms with Crippen LogP contribution in [0.25, 0.3) is 0 Å². The normalized spacial score (nSPS) is 11.1. The van der Waals surface area contributed by atoms with Crippen LogP contribution >= 0.6 is 0 Å². The quantitative estimate of drug-likeness (QED) is 0.621. The van der Waals surface area contributed by atoms with Crippen LogP contribution in [0.15, 0.2) is 24.3 Å². The van der Waals surface area contributed by atoms with Crippen molar-refractivity contribution >= 4 is 21.5 Å². The van der Waals surface area contributed by atoms with Gasteiger partial charge in [-0.15, -0.1) is 0 Å². The number of hydrogen-bond donors (Lipinski definition) is 1. The van der Waals surface area contributed by atoms with E-state index in [1.165, 1.54) is 7.11 Å². The number of anilines is 1. The fraction of sp³-hybridized carbons (Fsp3) is 0.364. The van der Waals surface area contributed by atoms with Gasteiger partial charge in [0.05, 0.1) is 25.0 Å². The van der Waals surface area contributed by atoms with Gasteiger partial charge in [-0.25, -0.2) is 8.42 Å². The number of carbonyl (C=O) groups is 1. The number of esters is 1. The summed E-state index contributed by atoms with van der Waals surface area (Å²) in [5.41, 5.74) is 6.74. The zero-order chi connectivity index (χ0) is 12.9. The van der Waals surface area contributed by atoms with Gasteiger partial charge in [0.1, 0.15) is 0 Å². The molecular weight excluding hydrogens is 242 g/mol. The Morgan fingerprint density at radius 1 is 1.29 bits per heavy atom. The molecule has 17 heavy (non-hydrogen) atoms. The van der Waals surface area contributed by atoms with Crippen molar-refractivity contribution in [1.82, 2.24) is 0 Å². The van der Waals surface area contributed by atoms with Gasteiger partial charge in [0.15, 0.2) is 9.84 Å². The smallest absolute Gasteiger partial charge is 0.306 e. The van der Waals surface area contributed by atoms with Crippen LogP contribution in [0.4, 0.5) is 5.69 Å². The lowest BCUT2D eigenvalue weighted by Gasteiger charge is -2.04. The van der Waals surface area contributed by atoms with E-state index >= 15 is 0 Å². The Hall–Kier alpha value is -1.56. The van der Waals surface area contributed by atoms with Gasteiger partial charge in [0.2, 0.25) is 0 Å². The second kappa shape index (κ2) is 5.67. The van der Waals surface area contributed by atoms with Crippen molar-refractivity contribution in [3.63, 3.8) is 0 Å². The third-order valence-corrected chi connectivity index (χ3v) is 3.81. The van der Waals surface area contributed by atoms with Crippen LogP contribution in [0.1, 0.15) is 12.0 Å². The van der Waals surface area contributed by atoms with Crippen molar-refractivity contribution in [3.8, 4) is 0 Å². The minimum atomic E-state index is -3.29. The molecule has 0 atom stereocenters. The van der Waals surface area contributed by atoms with Gasteiger partial charge in [-0.3, -0.25) is 4.79 Å². The summed E-state index contributed by atoms with van der Waals surface area (Å²) in [5.74, 6) is -0.820. The predicted octanol–water partition coefficient (Wildman–Crippen LogP) is 0.747. The van der Waals surface area contributed by atoms with Crippen LogP contribution in [0.3, 0.4) is 0 Å². The molecule has 1 aromatic rings. The molecule has 0 saturated carbocycles. The second-order valence-corrected chi connectivity index (χ2v) is 5.84. The SMILES string of the molecule is COC(=O)CCS(=O)(=O)Cc1ccc(N)cc1. The third kappa shape index (κ3) is 4.86. The minimum Gasteiger partial charge on any atom is -0.469 e. The first-order chi connectivity index (χ1) is 7.93. The number of benzene rings is 1. The molecule has 1 aromatic carbocycles. The molecule has 2 N–H and O–H groups in total. The Morgan fingerprint density at radius 3 is 2.41 bits per heavy atom. The number of hydrogen-bond acceptors (Lipinski definition) is 5. The van der Waals surface area contributed by atoms with Crippen LogP contribution in [-0.2, 0) is 25.1 Å². The lowest BCUT2D eigenvalue weighted by atomic mass is 10.2. The standard InChI is InChI=1S/C11H15NO4S/c1-16-11(13)6-7-17(14,15)8-9-2-4-10(12)5-3-9/h2-5H,6-8,12H2,1H3. The third-order valence-electron chi connectivity index (χ3n) is 2.21. The summed E-state index contributed by atoms with van der Waals surface area (Å²) in [6.07, 6.45) is -0.117. The first-order valence-electron chi connectivity index (χ1n) is 5.04. The van der Waals surface area contributed by atoms with E-state index in [0.717, 1.165) is 0 Å². The Morgan fingerprint density at radius 2 is 1.88 bits per heavy atom. The maximum Gasteiger partial charge on any atom is 0.306 e. The average Bonchev–Trinajstić information content (AvgIpc) is 2.29. The van der Waals surface area contributed by atoms with E-state index in [-0.39, 0.29) is 17.9 Å². The summed E-state index contributed by atoms with van der Waals surface area (Å²) < 4.78 is 27.7. The van der Waals surface area contributed by atoms with Crippen LogP contribution < -0.4 is 5.73 Å². The summed E-state index contributed by atoms with van der Waals surface area (Å²) >= 11 is 0. The van der Waals surface area contributed by atoms with Gasteiger partial charge in [0.25, 0.3) is 0 Å². The summed E-state index contributed by atoms with van der Waals surface area (Å²) in [7, 11) is -2.06. The molecule has 6 heteroatoms. The molecule has 1 rings (SSSR count). The van der Waals surface area contributed by atoms with E-state index in [2.05, 4.69) is 4.74 Å². The fourth-order valence-electron chi connectivity index (χ4n) is 1.28. The maximum absolute atomic E-state index is 11.7. The Kier molecular flexibility index (Phi) is 4.51. The molecule has 5 nitrogen and oxygen atoms in total. The molecule has 0 aliphatic carbocycles. The van der Waals surface area contributed by atoms with E-state index in [1.807, 2.05) is 0 Å². The number of sulfone groups is 1. The maximum atomic E-state index is 11.7. The summed E-state index contributed by atoms with van der Waals surface area (Å²) in [6.45, 7) is 0. The van der Waals surface area contributed by atoms with Gasteiger partial charge in [-0.05, 0) is 17.7 Å². The van der Waals surface area contributed by atoms with Crippen LogP contribution in [0, 0.1) is 0 Å². The first kappa shape index (κ1) is 13.5. The van der Waals surface area contributed by atoms with Crippen molar-refractivity contribution in [3.05, 3.63) is 29.8 Å². The highest BCUT2D eigenvalue weighted by atomic mass is 32.2. The summed E-state index contributed by atoms with van der Waals surface area (Å²) in [5, 5.41) is 0. The number of ether oxygens (including phenoxy) is 1. The zero-order valence-corrected chi connectivity index (χ0v) is 10.4. The summed E-state index contributed by atoms with van der Waals surface area (Å²) in [4.78, 5) is 10.9. The first-order valence-corrected chi connectivity index (χ1v) is 6.87. The molecule has 0 aliphatic heterocycles. The second-order valence-electron chi connectivity index (χ2n) is 3.66. The fourth-order valence-corrected chi connectivity index (χ4v) is 2.60. The van der Waals surface area contributed by atoms with E-state index < -0.39 is 15.8 Å². The minimum absolute atomic E-state index is 0.0930.